The fourth-order valence-corrected chi connectivity index (χ4v) is 1.99. The van der Waals surface area contributed by atoms with E-state index < -0.39 is 11.8 Å². The molecule has 1 aliphatic heterocycles. The predicted octanol–water partition coefficient (Wildman–Crippen LogP) is 3.31. The second kappa shape index (κ2) is 4.52. The van der Waals surface area contributed by atoms with Crippen molar-refractivity contribution in [3.05, 3.63) is 23.8 Å². The van der Waals surface area contributed by atoms with Gasteiger partial charge in [0.1, 0.15) is 5.56 Å². The quantitative estimate of drug-likeness (QED) is 0.890. The van der Waals surface area contributed by atoms with Gasteiger partial charge in [-0.1, -0.05) is 19.9 Å². The lowest BCUT2D eigenvalue weighted by atomic mass is 10.0. The summed E-state index contributed by atoms with van der Waals surface area (Å²) in [6.45, 7) is 6.11. The minimum absolute atomic E-state index is 0.153. The molecule has 0 radical (unpaired) electrons. The van der Waals surface area contributed by atoms with E-state index in [4.69, 9.17) is 14.6 Å². The van der Waals surface area contributed by atoms with Crippen molar-refractivity contribution < 1.29 is 19.4 Å². The highest BCUT2D eigenvalue weighted by molar-refractivity contribution is 5.92. The highest BCUT2D eigenvalue weighted by Crippen LogP contribution is 2.43. The zero-order valence-corrected chi connectivity index (χ0v) is 10.9. The Kier molecular flexibility index (Phi) is 3.20. The number of hydrogen-bond acceptors (Lipinski definition) is 3. The highest BCUT2D eigenvalue weighted by Gasteiger charge is 2.38. The summed E-state index contributed by atoms with van der Waals surface area (Å²) in [7, 11) is 0. The Hall–Kier alpha value is -1.71. The molecule has 1 aliphatic rings. The highest BCUT2D eigenvalue weighted by atomic mass is 16.7. The van der Waals surface area contributed by atoms with E-state index in [1.807, 2.05) is 6.92 Å². The Morgan fingerprint density at radius 1 is 1.39 bits per heavy atom. The summed E-state index contributed by atoms with van der Waals surface area (Å²) in [6, 6.07) is 4.93. The lowest BCUT2D eigenvalue weighted by Crippen LogP contribution is -2.35. The van der Waals surface area contributed by atoms with E-state index in [2.05, 4.69) is 13.8 Å². The molecule has 1 N–H and O–H groups in total. The van der Waals surface area contributed by atoms with Gasteiger partial charge in [0.05, 0.1) is 0 Å². The summed E-state index contributed by atoms with van der Waals surface area (Å²) in [5.41, 5.74) is 0.153. The zero-order valence-electron chi connectivity index (χ0n) is 10.9. The molecule has 0 saturated carbocycles. The summed E-state index contributed by atoms with van der Waals surface area (Å²) in [4.78, 5) is 11.1. The van der Waals surface area contributed by atoms with Crippen molar-refractivity contribution in [2.75, 3.05) is 0 Å². The van der Waals surface area contributed by atoms with Crippen LogP contribution in [-0.4, -0.2) is 16.9 Å². The van der Waals surface area contributed by atoms with Gasteiger partial charge in [-0.05, 0) is 24.5 Å². The van der Waals surface area contributed by atoms with Gasteiger partial charge < -0.3 is 14.6 Å². The summed E-state index contributed by atoms with van der Waals surface area (Å²) in [5, 5.41) is 9.10. The molecule has 1 aromatic carbocycles. The number of ether oxygens (including phenoxy) is 2. The Balaban J connectivity index is 2.21. The SMILES string of the molecule is CC(C)CC[C@@]1(C)Oc2cccc(C(=O)O)c2O1. The monoisotopic (exact) mass is 250 g/mol. The third-order valence-corrected chi connectivity index (χ3v) is 3.03. The van der Waals surface area contributed by atoms with Crippen molar-refractivity contribution >= 4 is 5.97 Å². The van der Waals surface area contributed by atoms with Crippen molar-refractivity contribution in [1.29, 1.82) is 0 Å². The van der Waals surface area contributed by atoms with Crippen LogP contribution in [0, 0.1) is 5.92 Å². The van der Waals surface area contributed by atoms with Gasteiger partial charge in [0.15, 0.2) is 11.5 Å². The van der Waals surface area contributed by atoms with E-state index in [-0.39, 0.29) is 5.56 Å². The summed E-state index contributed by atoms with van der Waals surface area (Å²) < 4.78 is 11.5. The van der Waals surface area contributed by atoms with Crippen molar-refractivity contribution in [2.45, 2.75) is 39.4 Å². The molecule has 0 spiro atoms. The van der Waals surface area contributed by atoms with Gasteiger partial charge >= 0.3 is 5.97 Å². The molecule has 0 amide bonds. The molecule has 2 rings (SSSR count). The second-order valence-electron chi connectivity index (χ2n) is 5.21. The molecule has 98 valence electrons. The fraction of sp³-hybridized carbons (Fsp3) is 0.500. The molecule has 0 unspecified atom stereocenters. The second-order valence-corrected chi connectivity index (χ2v) is 5.21. The first kappa shape index (κ1) is 12.7. The van der Waals surface area contributed by atoms with Crippen LogP contribution in [0.5, 0.6) is 11.5 Å². The molecular weight excluding hydrogens is 232 g/mol. The Morgan fingerprint density at radius 3 is 2.72 bits per heavy atom. The number of fused-ring (bicyclic) bond motifs is 1. The van der Waals surface area contributed by atoms with Crippen LogP contribution in [0.1, 0.15) is 44.0 Å². The fourth-order valence-electron chi connectivity index (χ4n) is 1.99. The molecule has 4 nitrogen and oxygen atoms in total. The predicted molar refractivity (Wildman–Crippen MR) is 67.1 cm³/mol. The number of aromatic carboxylic acids is 1. The maximum atomic E-state index is 11.1. The third-order valence-electron chi connectivity index (χ3n) is 3.03. The van der Waals surface area contributed by atoms with Crippen LogP contribution in [0.2, 0.25) is 0 Å². The van der Waals surface area contributed by atoms with E-state index in [1.165, 1.54) is 6.07 Å². The standard InChI is InChI=1S/C14H18O4/c1-9(2)7-8-14(3)17-11-6-4-5-10(13(15)16)12(11)18-14/h4-6,9H,7-8H2,1-3H3,(H,15,16)/t14-/m0/s1. The van der Waals surface area contributed by atoms with Crippen LogP contribution < -0.4 is 9.47 Å². The van der Waals surface area contributed by atoms with Crippen LogP contribution in [0.3, 0.4) is 0 Å². The first-order valence-electron chi connectivity index (χ1n) is 6.15. The summed E-state index contributed by atoms with van der Waals surface area (Å²) in [6.07, 6.45) is 1.70. The van der Waals surface area contributed by atoms with Gasteiger partial charge in [0.25, 0.3) is 0 Å². The van der Waals surface area contributed by atoms with Crippen LogP contribution in [-0.2, 0) is 0 Å². The molecule has 18 heavy (non-hydrogen) atoms. The number of carbonyl (C=O) groups is 1. The van der Waals surface area contributed by atoms with Gasteiger partial charge in [0, 0.05) is 13.3 Å². The Labute approximate surface area is 107 Å². The number of hydrogen-bond donors (Lipinski definition) is 1. The maximum absolute atomic E-state index is 11.1. The van der Waals surface area contributed by atoms with Crippen LogP contribution in [0.25, 0.3) is 0 Å². The minimum Gasteiger partial charge on any atom is -0.478 e. The first-order valence-corrected chi connectivity index (χ1v) is 6.15. The number of para-hydroxylation sites is 1. The molecule has 1 aromatic rings. The Bertz CT molecular complexity index is 467. The molecule has 1 heterocycles. The molecule has 0 fully saturated rings. The first-order chi connectivity index (χ1) is 8.41. The third kappa shape index (κ3) is 2.42. The lowest BCUT2D eigenvalue weighted by molar-refractivity contribution is -0.0715. The largest absolute Gasteiger partial charge is 0.478 e. The van der Waals surface area contributed by atoms with Crippen LogP contribution in [0.4, 0.5) is 0 Å². The average molecular weight is 250 g/mol. The molecule has 0 aliphatic carbocycles. The van der Waals surface area contributed by atoms with Gasteiger partial charge in [-0.3, -0.25) is 0 Å². The topological polar surface area (TPSA) is 55.8 Å². The van der Waals surface area contributed by atoms with E-state index in [1.54, 1.807) is 12.1 Å². The van der Waals surface area contributed by atoms with Gasteiger partial charge in [0.2, 0.25) is 5.79 Å². The van der Waals surface area contributed by atoms with Crippen molar-refractivity contribution in [2.24, 2.45) is 5.92 Å². The molecule has 4 heteroatoms. The number of carboxylic acid groups (broad SMARTS) is 1. The normalized spacial score (nSPS) is 21.3. The molecular formula is C14H18O4. The minimum atomic E-state index is -0.997. The van der Waals surface area contributed by atoms with Crippen LogP contribution in [0.15, 0.2) is 18.2 Å². The molecule has 0 aromatic heterocycles. The number of rotatable bonds is 4. The zero-order chi connectivity index (χ0) is 13.3. The van der Waals surface area contributed by atoms with Crippen molar-refractivity contribution in [3.8, 4) is 11.5 Å². The maximum Gasteiger partial charge on any atom is 0.339 e. The van der Waals surface area contributed by atoms with Gasteiger partial charge in [-0.15, -0.1) is 0 Å². The van der Waals surface area contributed by atoms with Crippen LogP contribution >= 0.6 is 0 Å². The summed E-state index contributed by atoms with van der Waals surface area (Å²) >= 11 is 0. The van der Waals surface area contributed by atoms with E-state index in [0.717, 1.165) is 12.8 Å². The lowest BCUT2D eigenvalue weighted by Gasteiger charge is -2.23. The smallest absolute Gasteiger partial charge is 0.339 e. The van der Waals surface area contributed by atoms with E-state index in [9.17, 15) is 4.79 Å². The van der Waals surface area contributed by atoms with E-state index in [0.29, 0.717) is 17.4 Å². The molecule has 0 saturated heterocycles. The summed E-state index contributed by atoms with van der Waals surface area (Å²) in [5.74, 6) is -0.337. The van der Waals surface area contributed by atoms with E-state index >= 15 is 0 Å². The Morgan fingerprint density at radius 2 is 2.11 bits per heavy atom. The average Bonchev–Trinajstić information content (AvgIpc) is 2.62. The molecule has 1 atom stereocenters. The van der Waals surface area contributed by atoms with Crippen molar-refractivity contribution in [1.82, 2.24) is 0 Å². The van der Waals surface area contributed by atoms with Gasteiger partial charge in [-0.25, -0.2) is 4.79 Å². The van der Waals surface area contributed by atoms with Crippen molar-refractivity contribution in [3.63, 3.8) is 0 Å². The number of carboxylic acids is 1. The number of benzene rings is 1. The van der Waals surface area contributed by atoms with Gasteiger partial charge in [-0.2, -0.15) is 0 Å². The molecule has 0 bridgehead atoms.